The van der Waals surface area contributed by atoms with Crippen LogP contribution in [0.5, 0.6) is 0 Å². The normalized spacial score (nSPS) is 17.4. The lowest BCUT2D eigenvalue weighted by Gasteiger charge is -2.35. The van der Waals surface area contributed by atoms with Crippen LogP contribution in [0.4, 0.5) is 16.3 Å². The van der Waals surface area contributed by atoms with Crippen LogP contribution in [-0.2, 0) is 6.54 Å². The predicted octanol–water partition coefficient (Wildman–Crippen LogP) is 3.89. The van der Waals surface area contributed by atoms with Gasteiger partial charge in [-0.25, -0.2) is 14.8 Å². The van der Waals surface area contributed by atoms with E-state index in [1.807, 2.05) is 11.4 Å². The molecular weight excluding hydrogens is 334 g/mol. The lowest BCUT2D eigenvalue weighted by Crippen LogP contribution is -2.38. The number of piperidine rings is 1. The number of nitrogens with one attached hydrogen (secondary N) is 1. The maximum atomic E-state index is 12.3. The van der Waals surface area contributed by atoms with Crippen LogP contribution in [0.2, 0.25) is 0 Å². The van der Waals surface area contributed by atoms with E-state index in [1.165, 1.54) is 19.3 Å². The average Bonchev–Trinajstić information content (AvgIpc) is 3.09. The number of aryl methyl sites for hydroxylation is 1. The molecule has 0 bridgehead atoms. The molecule has 0 aliphatic carbocycles. The van der Waals surface area contributed by atoms with Crippen molar-refractivity contribution in [1.82, 2.24) is 14.9 Å². The smallest absolute Gasteiger partial charge is 0.322 e. The van der Waals surface area contributed by atoms with Crippen molar-refractivity contribution in [3.05, 3.63) is 34.4 Å². The van der Waals surface area contributed by atoms with Crippen molar-refractivity contribution in [2.24, 2.45) is 0 Å². The highest BCUT2D eigenvalue weighted by Gasteiger charge is 2.21. The number of pyridine rings is 1. The first-order valence-electron chi connectivity index (χ1n) is 8.68. The van der Waals surface area contributed by atoms with Gasteiger partial charge in [0.15, 0.2) is 0 Å². The molecule has 1 N–H and O–H groups in total. The van der Waals surface area contributed by atoms with Gasteiger partial charge in [0.05, 0.1) is 18.4 Å². The van der Waals surface area contributed by atoms with Gasteiger partial charge < -0.3 is 15.1 Å². The van der Waals surface area contributed by atoms with Gasteiger partial charge in [0, 0.05) is 31.2 Å². The molecule has 0 radical (unpaired) electrons. The molecule has 1 atom stereocenters. The van der Waals surface area contributed by atoms with E-state index in [9.17, 15) is 4.79 Å². The lowest BCUT2D eigenvalue weighted by atomic mass is 10.0. The number of carbonyl (C=O) groups excluding carboxylic acids is 1. The molecule has 134 valence electrons. The monoisotopic (exact) mass is 359 g/mol. The molecule has 25 heavy (non-hydrogen) atoms. The Labute approximate surface area is 152 Å². The second-order valence-electron chi connectivity index (χ2n) is 6.61. The number of thiazole rings is 1. The molecule has 3 rings (SSSR count). The summed E-state index contributed by atoms with van der Waals surface area (Å²) in [5, 5.41) is 5.75. The highest BCUT2D eigenvalue weighted by atomic mass is 32.1. The lowest BCUT2D eigenvalue weighted by molar-refractivity contribution is 0.220. The Morgan fingerprint density at radius 1 is 1.44 bits per heavy atom. The number of nitrogens with zero attached hydrogens (tertiary/aromatic N) is 4. The van der Waals surface area contributed by atoms with E-state index in [-0.39, 0.29) is 6.03 Å². The minimum absolute atomic E-state index is 0.157. The van der Waals surface area contributed by atoms with E-state index in [1.54, 1.807) is 35.7 Å². The first kappa shape index (κ1) is 17.7. The van der Waals surface area contributed by atoms with Gasteiger partial charge in [0.25, 0.3) is 0 Å². The molecule has 0 saturated carbocycles. The van der Waals surface area contributed by atoms with Gasteiger partial charge in [-0.3, -0.25) is 0 Å². The number of amides is 2. The molecule has 0 aromatic carbocycles. The van der Waals surface area contributed by atoms with Crippen molar-refractivity contribution in [3.63, 3.8) is 0 Å². The number of hydrogen-bond acceptors (Lipinski definition) is 5. The molecule has 1 fully saturated rings. The van der Waals surface area contributed by atoms with Crippen LogP contribution in [0.1, 0.15) is 36.8 Å². The zero-order valence-electron chi connectivity index (χ0n) is 15.0. The van der Waals surface area contributed by atoms with E-state index < -0.39 is 0 Å². The second kappa shape index (κ2) is 7.82. The third-order valence-electron chi connectivity index (χ3n) is 4.58. The molecule has 1 aliphatic rings. The third kappa shape index (κ3) is 4.28. The molecule has 2 amide bonds. The quantitative estimate of drug-likeness (QED) is 0.900. The number of urea groups is 1. The Balaban J connectivity index is 1.65. The fourth-order valence-electron chi connectivity index (χ4n) is 3.17. The standard InChI is InChI=1S/C18H25N5OS/c1-13-10-15(11-20-17(13)23-8-5-4-6-14(23)2)21-18(24)22(3)12-16-19-7-9-25-16/h7,9-11,14H,4-6,8,12H2,1-3H3,(H,21,24). The fraction of sp³-hybridized carbons (Fsp3) is 0.500. The summed E-state index contributed by atoms with van der Waals surface area (Å²) in [6.45, 7) is 5.86. The Kier molecular flexibility index (Phi) is 5.53. The SMILES string of the molecule is Cc1cc(NC(=O)N(C)Cc2nccs2)cnc1N1CCCCC1C. The number of aromatic nitrogens is 2. The molecule has 6 nitrogen and oxygen atoms in total. The van der Waals surface area contributed by atoms with Crippen molar-refractivity contribution in [2.45, 2.75) is 45.7 Å². The summed E-state index contributed by atoms with van der Waals surface area (Å²) in [4.78, 5) is 25.2. The molecule has 3 heterocycles. The van der Waals surface area contributed by atoms with E-state index in [4.69, 9.17) is 0 Å². The Morgan fingerprint density at radius 3 is 2.96 bits per heavy atom. The van der Waals surface area contributed by atoms with Crippen LogP contribution >= 0.6 is 11.3 Å². The summed E-state index contributed by atoms with van der Waals surface area (Å²) in [5.74, 6) is 1.03. The van der Waals surface area contributed by atoms with E-state index in [0.717, 1.165) is 28.6 Å². The summed E-state index contributed by atoms with van der Waals surface area (Å²) in [6, 6.07) is 2.36. The minimum Gasteiger partial charge on any atom is -0.354 e. The van der Waals surface area contributed by atoms with Crippen molar-refractivity contribution in [2.75, 3.05) is 23.8 Å². The van der Waals surface area contributed by atoms with Gasteiger partial charge in [-0.15, -0.1) is 11.3 Å². The number of anilines is 2. The summed E-state index contributed by atoms with van der Waals surface area (Å²) in [6.07, 6.45) is 7.21. The maximum Gasteiger partial charge on any atom is 0.322 e. The van der Waals surface area contributed by atoms with Gasteiger partial charge >= 0.3 is 6.03 Å². The van der Waals surface area contributed by atoms with Gasteiger partial charge in [0.2, 0.25) is 0 Å². The summed E-state index contributed by atoms with van der Waals surface area (Å²) >= 11 is 1.54. The van der Waals surface area contributed by atoms with Gasteiger partial charge in [-0.2, -0.15) is 0 Å². The summed E-state index contributed by atoms with van der Waals surface area (Å²) in [7, 11) is 1.76. The van der Waals surface area contributed by atoms with Crippen LogP contribution in [-0.4, -0.2) is 40.5 Å². The van der Waals surface area contributed by atoms with Gasteiger partial charge in [0.1, 0.15) is 10.8 Å². The predicted molar refractivity (Wildman–Crippen MR) is 102 cm³/mol. The second-order valence-corrected chi connectivity index (χ2v) is 7.59. The van der Waals surface area contributed by atoms with Crippen LogP contribution in [0.3, 0.4) is 0 Å². The van der Waals surface area contributed by atoms with E-state index in [2.05, 4.69) is 34.0 Å². The molecular formula is C18H25N5OS. The summed E-state index contributed by atoms with van der Waals surface area (Å²) < 4.78 is 0. The highest BCUT2D eigenvalue weighted by Crippen LogP contribution is 2.27. The van der Waals surface area contributed by atoms with Crippen molar-refractivity contribution < 1.29 is 4.79 Å². The molecule has 0 spiro atoms. The third-order valence-corrected chi connectivity index (χ3v) is 5.34. The first-order valence-corrected chi connectivity index (χ1v) is 9.56. The zero-order chi connectivity index (χ0) is 17.8. The van der Waals surface area contributed by atoms with E-state index in [0.29, 0.717) is 12.6 Å². The molecule has 2 aromatic rings. The number of carbonyl (C=O) groups is 1. The summed E-state index contributed by atoms with van der Waals surface area (Å²) in [5.41, 5.74) is 1.82. The van der Waals surface area contributed by atoms with Gasteiger partial charge in [-0.1, -0.05) is 0 Å². The molecule has 1 saturated heterocycles. The minimum atomic E-state index is -0.157. The molecule has 1 aliphatic heterocycles. The molecule has 1 unspecified atom stereocenters. The number of rotatable bonds is 4. The fourth-order valence-corrected chi connectivity index (χ4v) is 3.84. The first-order chi connectivity index (χ1) is 12.0. The van der Waals surface area contributed by atoms with Crippen LogP contribution in [0.25, 0.3) is 0 Å². The molecule has 2 aromatic heterocycles. The van der Waals surface area contributed by atoms with Crippen molar-refractivity contribution >= 4 is 28.9 Å². The van der Waals surface area contributed by atoms with Crippen LogP contribution in [0.15, 0.2) is 23.8 Å². The Hall–Kier alpha value is -2.15. The maximum absolute atomic E-state index is 12.3. The average molecular weight is 359 g/mol. The Morgan fingerprint density at radius 2 is 2.28 bits per heavy atom. The zero-order valence-corrected chi connectivity index (χ0v) is 15.8. The van der Waals surface area contributed by atoms with Crippen molar-refractivity contribution in [1.29, 1.82) is 0 Å². The van der Waals surface area contributed by atoms with Crippen LogP contribution < -0.4 is 10.2 Å². The highest BCUT2D eigenvalue weighted by molar-refractivity contribution is 7.09. The van der Waals surface area contributed by atoms with Crippen LogP contribution in [0, 0.1) is 6.92 Å². The van der Waals surface area contributed by atoms with Gasteiger partial charge in [-0.05, 0) is 44.7 Å². The number of hydrogen-bond donors (Lipinski definition) is 1. The Bertz CT molecular complexity index is 718. The topological polar surface area (TPSA) is 61.4 Å². The molecule has 7 heteroatoms. The van der Waals surface area contributed by atoms with Crippen molar-refractivity contribution in [3.8, 4) is 0 Å². The largest absolute Gasteiger partial charge is 0.354 e. The van der Waals surface area contributed by atoms with E-state index >= 15 is 0 Å².